The molecule has 0 unspecified atom stereocenters. The molecule has 4 nitrogen and oxygen atoms in total. The van der Waals surface area contributed by atoms with Gasteiger partial charge in [0.15, 0.2) is 0 Å². The smallest absolute Gasteiger partial charge is 0.222 e. The highest BCUT2D eigenvalue weighted by Gasteiger charge is 2.26. The van der Waals surface area contributed by atoms with E-state index in [0.717, 1.165) is 5.56 Å². The van der Waals surface area contributed by atoms with Crippen molar-refractivity contribution in [2.45, 2.75) is 9.92 Å². The van der Waals surface area contributed by atoms with Crippen molar-refractivity contribution in [2.75, 3.05) is 0 Å². The van der Waals surface area contributed by atoms with Crippen molar-refractivity contribution in [1.82, 2.24) is 4.98 Å². The van der Waals surface area contributed by atoms with Crippen molar-refractivity contribution < 1.29 is 13.5 Å². The van der Waals surface area contributed by atoms with Gasteiger partial charge < -0.3 is 10.1 Å². The zero-order valence-corrected chi connectivity index (χ0v) is 14.0. The van der Waals surface area contributed by atoms with Gasteiger partial charge in [-0.25, -0.2) is 8.42 Å². The zero-order chi connectivity index (χ0) is 17.4. The Labute approximate surface area is 145 Å². The number of hydrogen-bond donors (Lipinski definition) is 2. The van der Waals surface area contributed by atoms with Crippen LogP contribution in [-0.4, -0.2) is 18.5 Å². The molecule has 124 valence electrons. The molecule has 1 aromatic heterocycles. The van der Waals surface area contributed by atoms with E-state index < -0.39 is 9.84 Å². The van der Waals surface area contributed by atoms with Crippen molar-refractivity contribution in [3.63, 3.8) is 0 Å². The predicted molar refractivity (Wildman–Crippen MR) is 97.3 cm³/mol. The monoisotopic (exact) mass is 349 g/mol. The molecule has 4 aromatic rings. The Kier molecular flexibility index (Phi) is 3.58. The van der Waals surface area contributed by atoms with E-state index in [4.69, 9.17) is 0 Å². The SMILES string of the molecule is O=S(=O)(c1ccccc1)c1[nH]c2ccc(O)cc2c1-c1ccccc1. The fraction of sp³-hybridized carbons (Fsp3) is 0. The number of phenols is 1. The van der Waals surface area contributed by atoms with Gasteiger partial charge >= 0.3 is 0 Å². The van der Waals surface area contributed by atoms with Crippen LogP contribution in [0, 0.1) is 0 Å². The number of aromatic hydroxyl groups is 1. The van der Waals surface area contributed by atoms with Crippen LogP contribution in [0.2, 0.25) is 0 Å². The van der Waals surface area contributed by atoms with Crippen LogP contribution >= 0.6 is 0 Å². The number of phenolic OH excluding ortho intramolecular Hbond substituents is 1. The summed E-state index contributed by atoms with van der Waals surface area (Å²) in [5.41, 5.74) is 2.00. The second-order valence-electron chi connectivity index (χ2n) is 5.74. The third-order valence-electron chi connectivity index (χ3n) is 4.13. The van der Waals surface area contributed by atoms with E-state index in [0.29, 0.717) is 16.5 Å². The van der Waals surface area contributed by atoms with Crippen molar-refractivity contribution in [3.8, 4) is 16.9 Å². The fourth-order valence-electron chi connectivity index (χ4n) is 2.97. The number of hydrogen-bond acceptors (Lipinski definition) is 3. The highest BCUT2D eigenvalue weighted by atomic mass is 32.2. The average Bonchev–Trinajstić information content (AvgIpc) is 3.02. The summed E-state index contributed by atoms with van der Waals surface area (Å²) in [5.74, 6) is 0.0901. The topological polar surface area (TPSA) is 70.2 Å². The summed E-state index contributed by atoms with van der Waals surface area (Å²) in [5, 5.41) is 10.7. The second kappa shape index (κ2) is 5.79. The zero-order valence-electron chi connectivity index (χ0n) is 13.2. The minimum atomic E-state index is -3.73. The van der Waals surface area contributed by atoms with Crippen LogP contribution < -0.4 is 0 Å². The maximum atomic E-state index is 13.2. The van der Waals surface area contributed by atoms with E-state index in [9.17, 15) is 13.5 Å². The van der Waals surface area contributed by atoms with Gasteiger partial charge in [0.2, 0.25) is 9.84 Å². The summed E-state index contributed by atoms with van der Waals surface area (Å²) in [6, 6.07) is 22.4. The largest absolute Gasteiger partial charge is 0.508 e. The summed E-state index contributed by atoms with van der Waals surface area (Å²) in [6.45, 7) is 0. The number of H-pyrrole nitrogens is 1. The number of aromatic nitrogens is 1. The third kappa shape index (κ3) is 2.58. The first-order valence-electron chi connectivity index (χ1n) is 7.77. The van der Waals surface area contributed by atoms with Gasteiger partial charge in [0.05, 0.1) is 4.90 Å². The molecule has 2 N–H and O–H groups in total. The molecule has 3 aromatic carbocycles. The summed E-state index contributed by atoms with van der Waals surface area (Å²) in [4.78, 5) is 3.25. The Morgan fingerprint density at radius 3 is 2.12 bits per heavy atom. The molecule has 0 radical (unpaired) electrons. The van der Waals surface area contributed by atoms with Crippen LogP contribution in [0.4, 0.5) is 0 Å². The molecule has 0 saturated carbocycles. The molecule has 5 heteroatoms. The lowest BCUT2D eigenvalue weighted by Gasteiger charge is -2.07. The predicted octanol–water partition coefficient (Wildman–Crippen LogP) is 4.37. The summed E-state index contributed by atoms with van der Waals surface area (Å²) < 4.78 is 26.4. The molecule has 0 aliphatic rings. The van der Waals surface area contributed by atoms with E-state index in [1.54, 1.807) is 42.5 Å². The summed E-state index contributed by atoms with van der Waals surface area (Å²) in [6.07, 6.45) is 0. The Morgan fingerprint density at radius 2 is 1.44 bits per heavy atom. The molecule has 0 aliphatic heterocycles. The maximum Gasteiger partial charge on any atom is 0.222 e. The molecular weight excluding hydrogens is 334 g/mol. The summed E-state index contributed by atoms with van der Waals surface area (Å²) >= 11 is 0. The van der Waals surface area contributed by atoms with Gasteiger partial charge in [0.1, 0.15) is 10.8 Å². The lowest BCUT2D eigenvalue weighted by molar-refractivity contribution is 0.476. The van der Waals surface area contributed by atoms with Crippen LogP contribution in [0.3, 0.4) is 0 Å². The fourth-order valence-corrected chi connectivity index (χ4v) is 4.46. The average molecular weight is 349 g/mol. The van der Waals surface area contributed by atoms with Crippen molar-refractivity contribution >= 4 is 20.7 Å². The Bertz CT molecular complexity index is 1150. The molecule has 0 spiro atoms. The van der Waals surface area contributed by atoms with E-state index in [-0.39, 0.29) is 15.7 Å². The van der Waals surface area contributed by atoms with Crippen LogP contribution in [0.5, 0.6) is 5.75 Å². The van der Waals surface area contributed by atoms with Gasteiger partial charge in [-0.1, -0.05) is 48.5 Å². The highest BCUT2D eigenvalue weighted by Crippen LogP contribution is 2.38. The number of rotatable bonds is 3. The number of fused-ring (bicyclic) bond motifs is 1. The molecule has 25 heavy (non-hydrogen) atoms. The standard InChI is InChI=1S/C20H15NO3S/c22-15-11-12-18-17(13-15)19(14-7-3-1-4-8-14)20(21-18)25(23,24)16-9-5-2-6-10-16/h1-13,21-22H. The third-order valence-corrected chi connectivity index (χ3v) is 5.87. The Hall–Kier alpha value is -3.05. The molecule has 1 heterocycles. The maximum absolute atomic E-state index is 13.2. The molecule has 0 amide bonds. The van der Waals surface area contributed by atoms with Gasteiger partial charge in [0.25, 0.3) is 0 Å². The Balaban J connectivity index is 2.08. The van der Waals surface area contributed by atoms with Crippen molar-refractivity contribution in [3.05, 3.63) is 78.9 Å². The minimum Gasteiger partial charge on any atom is -0.508 e. The first-order valence-corrected chi connectivity index (χ1v) is 9.26. The van der Waals surface area contributed by atoms with E-state index in [2.05, 4.69) is 4.98 Å². The van der Waals surface area contributed by atoms with Gasteiger partial charge in [-0.15, -0.1) is 0 Å². The summed E-state index contributed by atoms with van der Waals surface area (Å²) in [7, 11) is -3.73. The van der Waals surface area contributed by atoms with Crippen molar-refractivity contribution in [2.24, 2.45) is 0 Å². The van der Waals surface area contributed by atoms with Crippen LogP contribution in [0.1, 0.15) is 0 Å². The molecule has 0 bridgehead atoms. The normalized spacial score (nSPS) is 11.7. The van der Waals surface area contributed by atoms with Gasteiger partial charge in [0, 0.05) is 16.5 Å². The number of aromatic amines is 1. The number of sulfone groups is 1. The van der Waals surface area contributed by atoms with Gasteiger partial charge in [-0.2, -0.15) is 0 Å². The highest BCUT2D eigenvalue weighted by molar-refractivity contribution is 7.91. The van der Waals surface area contributed by atoms with E-state index in [1.165, 1.54) is 6.07 Å². The number of nitrogens with one attached hydrogen (secondary N) is 1. The molecular formula is C20H15NO3S. The molecule has 0 atom stereocenters. The Morgan fingerprint density at radius 1 is 0.800 bits per heavy atom. The van der Waals surface area contributed by atoms with Crippen LogP contribution in [0.25, 0.3) is 22.0 Å². The lowest BCUT2D eigenvalue weighted by atomic mass is 10.0. The minimum absolute atomic E-state index is 0.0901. The first kappa shape index (κ1) is 15.5. The molecule has 0 aliphatic carbocycles. The quantitative estimate of drug-likeness (QED) is 0.577. The van der Waals surface area contributed by atoms with Gasteiger partial charge in [-0.3, -0.25) is 0 Å². The molecule has 4 rings (SSSR count). The second-order valence-corrected chi connectivity index (χ2v) is 7.63. The molecule has 0 saturated heterocycles. The van der Waals surface area contributed by atoms with E-state index >= 15 is 0 Å². The molecule has 0 fully saturated rings. The van der Waals surface area contributed by atoms with Crippen molar-refractivity contribution in [1.29, 1.82) is 0 Å². The number of benzene rings is 3. The first-order chi connectivity index (χ1) is 12.1. The van der Waals surface area contributed by atoms with Crippen LogP contribution in [-0.2, 0) is 9.84 Å². The van der Waals surface area contributed by atoms with E-state index in [1.807, 2.05) is 30.3 Å². The lowest BCUT2D eigenvalue weighted by Crippen LogP contribution is -2.03. The van der Waals surface area contributed by atoms with Gasteiger partial charge in [-0.05, 0) is 35.9 Å². The van der Waals surface area contributed by atoms with Crippen LogP contribution in [0.15, 0.2) is 88.8 Å².